The van der Waals surface area contributed by atoms with E-state index in [4.69, 9.17) is 0 Å². The fourth-order valence-electron chi connectivity index (χ4n) is 2.47. The van der Waals surface area contributed by atoms with Gasteiger partial charge in [0, 0.05) is 6.54 Å². The molecule has 0 aliphatic carbocycles. The minimum atomic E-state index is -0.520. The first-order chi connectivity index (χ1) is 9.29. The van der Waals surface area contributed by atoms with Crippen LogP contribution in [-0.4, -0.2) is 29.3 Å². The number of nitrogens with zero attached hydrogens (tertiary/aromatic N) is 1. The number of halogens is 1. The molecule has 1 heterocycles. The van der Waals surface area contributed by atoms with Crippen LogP contribution in [0.4, 0.5) is 4.39 Å². The second kappa shape index (κ2) is 5.23. The molecule has 1 aromatic carbocycles. The van der Waals surface area contributed by atoms with Gasteiger partial charge in [0.2, 0.25) is 11.8 Å². The lowest BCUT2D eigenvalue weighted by atomic mass is 9.83. The highest BCUT2D eigenvalue weighted by molar-refractivity contribution is 5.95. The largest absolute Gasteiger partial charge is 0.345 e. The van der Waals surface area contributed by atoms with Crippen molar-refractivity contribution in [3.63, 3.8) is 0 Å². The molecular weight excluding hydrogens is 259 g/mol. The summed E-state index contributed by atoms with van der Waals surface area (Å²) in [5.41, 5.74) is 0.448. The van der Waals surface area contributed by atoms with Crippen LogP contribution >= 0.6 is 0 Å². The maximum absolute atomic E-state index is 12.9. The van der Waals surface area contributed by atoms with Crippen LogP contribution in [0.1, 0.15) is 26.3 Å². The zero-order valence-corrected chi connectivity index (χ0v) is 11.9. The van der Waals surface area contributed by atoms with Gasteiger partial charge in [-0.1, -0.05) is 32.9 Å². The Balaban J connectivity index is 2.27. The quantitative estimate of drug-likeness (QED) is 0.895. The fourth-order valence-corrected chi connectivity index (χ4v) is 2.47. The molecule has 0 bridgehead atoms. The van der Waals surface area contributed by atoms with Crippen molar-refractivity contribution in [1.29, 1.82) is 0 Å². The van der Waals surface area contributed by atoms with Crippen molar-refractivity contribution >= 4 is 11.8 Å². The van der Waals surface area contributed by atoms with Gasteiger partial charge in [0.1, 0.15) is 11.9 Å². The third-order valence-corrected chi connectivity index (χ3v) is 3.38. The Bertz CT molecular complexity index is 520. The van der Waals surface area contributed by atoms with Crippen LogP contribution in [-0.2, 0) is 16.1 Å². The molecule has 1 aliphatic rings. The highest BCUT2D eigenvalue weighted by Crippen LogP contribution is 2.28. The smallest absolute Gasteiger partial charge is 0.243 e. The van der Waals surface area contributed by atoms with Gasteiger partial charge in [0.05, 0.1) is 6.54 Å². The molecule has 108 valence electrons. The standard InChI is InChI=1S/C15H19FN2O2/c1-15(2,3)13-14(20)17-8-12(19)18(13)9-10-4-6-11(16)7-5-10/h4-7,13H,8-9H2,1-3H3,(H,17,20). The topological polar surface area (TPSA) is 49.4 Å². The molecule has 2 rings (SSSR count). The summed E-state index contributed by atoms with van der Waals surface area (Å²) >= 11 is 0. The lowest BCUT2D eigenvalue weighted by Crippen LogP contribution is -2.62. The lowest BCUT2D eigenvalue weighted by molar-refractivity contribution is -0.150. The average molecular weight is 278 g/mol. The molecule has 1 aromatic rings. The van der Waals surface area contributed by atoms with Crippen molar-refractivity contribution in [2.24, 2.45) is 5.41 Å². The number of hydrogen-bond acceptors (Lipinski definition) is 2. The van der Waals surface area contributed by atoms with Gasteiger partial charge in [-0.25, -0.2) is 4.39 Å². The van der Waals surface area contributed by atoms with E-state index in [1.54, 1.807) is 17.0 Å². The highest BCUT2D eigenvalue weighted by atomic mass is 19.1. The Morgan fingerprint density at radius 1 is 1.25 bits per heavy atom. The zero-order chi connectivity index (χ0) is 14.9. The molecule has 1 fully saturated rings. The Hall–Kier alpha value is -1.91. The van der Waals surface area contributed by atoms with Crippen LogP contribution in [0.2, 0.25) is 0 Å². The van der Waals surface area contributed by atoms with Gasteiger partial charge in [-0.15, -0.1) is 0 Å². The van der Waals surface area contributed by atoms with Gasteiger partial charge in [0.15, 0.2) is 0 Å². The number of amides is 2. The van der Waals surface area contributed by atoms with E-state index in [1.165, 1.54) is 12.1 Å². The molecule has 0 aromatic heterocycles. The zero-order valence-electron chi connectivity index (χ0n) is 11.9. The van der Waals surface area contributed by atoms with Crippen molar-refractivity contribution in [2.45, 2.75) is 33.4 Å². The Morgan fingerprint density at radius 2 is 1.85 bits per heavy atom. The molecule has 1 aliphatic heterocycles. The number of rotatable bonds is 2. The maximum Gasteiger partial charge on any atom is 0.243 e. The SMILES string of the molecule is CC(C)(C)C1C(=O)NCC(=O)N1Cc1ccc(F)cc1. The van der Waals surface area contributed by atoms with Crippen molar-refractivity contribution in [3.8, 4) is 0 Å². The molecule has 0 saturated carbocycles. The predicted molar refractivity (Wildman–Crippen MR) is 73.2 cm³/mol. The van der Waals surface area contributed by atoms with E-state index in [0.29, 0.717) is 6.54 Å². The summed E-state index contributed by atoms with van der Waals surface area (Å²) in [5.74, 6) is -0.572. The van der Waals surface area contributed by atoms with Gasteiger partial charge in [-0.3, -0.25) is 9.59 Å². The summed E-state index contributed by atoms with van der Waals surface area (Å²) in [6.45, 7) is 6.11. The minimum absolute atomic E-state index is 0.0204. The summed E-state index contributed by atoms with van der Waals surface area (Å²) in [7, 11) is 0. The third kappa shape index (κ3) is 2.98. The Morgan fingerprint density at radius 3 is 2.40 bits per heavy atom. The van der Waals surface area contributed by atoms with Crippen molar-refractivity contribution in [3.05, 3.63) is 35.6 Å². The maximum atomic E-state index is 12.9. The van der Waals surface area contributed by atoms with Crippen LogP contribution in [0.5, 0.6) is 0 Å². The van der Waals surface area contributed by atoms with E-state index in [2.05, 4.69) is 5.32 Å². The molecule has 0 radical (unpaired) electrons. The molecular formula is C15H19FN2O2. The monoisotopic (exact) mass is 278 g/mol. The molecule has 0 spiro atoms. The number of carbonyl (C=O) groups excluding carboxylic acids is 2. The van der Waals surface area contributed by atoms with Crippen LogP contribution in [0.25, 0.3) is 0 Å². The van der Waals surface area contributed by atoms with E-state index in [0.717, 1.165) is 5.56 Å². The Kier molecular flexibility index (Phi) is 3.79. The third-order valence-electron chi connectivity index (χ3n) is 3.38. The first kappa shape index (κ1) is 14.5. The summed E-state index contributed by atoms with van der Waals surface area (Å²) in [5, 5.41) is 2.62. The molecule has 4 nitrogen and oxygen atoms in total. The molecule has 20 heavy (non-hydrogen) atoms. The first-order valence-corrected chi connectivity index (χ1v) is 6.60. The lowest BCUT2D eigenvalue weighted by Gasteiger charge is -2.42. The molecule has 1 saturated heterocycles. The minimum Gasteiger partial charge on any atom is -0.345 e. The van der Waals surface area contributed by atoms with E-state index < -0.39 is 6.04 Å². The number of piperazine rings is 1. The number of carbonyl (C=O) groups is 2. The Labute approximate surface area is 118 Å². The van der Waals surface area contributed by atoms with E-state index >= 15 is 0 Å². The van der Waals surface area contributed by atoms with Gasteiger partial charge >= 0.3 is 0 Å². The van der Waals surface area contributed by atoms with Crippen LogP contribution in [0.3, 0.4) is 0 Å². The molecule has 5 heteroatoms. The number of benzene rings is 1. The second-order valence-corrected chi connectivity index (χ2v) is 6.13. The van der Waals surface area contributed by atoms with E-state index in [1.807, 2.05) is 20.8 Å². The summed E-state index contributed by atoms with van der Waals surface area (Å²) in [4.78, 5) is 25.8. The number of nitrogens with one attached hydrogen (secondary N) is 1. The molecule has 1 N–H and O–H groups in total. The van der Waals surface area contributed by atoms with Crippen molar-refractivity contribution in [1.82, 2.24) is 10.2 Å². The van der Waals surface area contributed by atoms with Crippen LogP contribution in [0, 0.1) is 11.2 Å². The summed E-state index contributed by atoms with van der Waals surface area (Å²) in [6, 6.07) is 5.46. The molecule has 1 atom stereocenters. The predicted octanol–water partition coefficient (Wildman–Crippen LogP) is 1.70. The molecule has 1 unspecified atom stereocenters. The number of hydrogen-bond donors (Lipinski definition) is 1. The summed E-state index contributed by atoms with van der Waals surface area (Å²) < 4.78 is 12.9. The average Bonchev–Trinajstić information content (AvgIpc) is 2.35. The molecule has 2 amide bonds. The van der Waals surface area contributed by atoms with Gasteiger partial charge < -0.3 is 10.2 Å². The second-order valence-electron chi connectivity index (χ2n) is 6.13. The van der Waals surface area contributed by atoms with Crippen molar-refractivity contribution < 1.29 is 14.0 Å². The van der Waals surface area contributed by atoms with Gasteiger partial charge in [-0.05, 0) is 23.1 Å². The van der Waals surface area contributed by atoms with Gasteiger partial charge in [0.25, 0.3) is 0 Å². The van der Waals surface area contributed by atoms with Crippen molar-refractivity contribution in [2.75, 3.05) is 6.54 Å². The van der Waals surface area contributed by atoms with E-state index in [-0.39, 0.29) is 29.6 Å². The fraction of sp³-hybridized carbons (Fsp3) is 0.467. The normalized spacial score (nSPS) is 20.0. The highest BCUT2D eigenvalue weighted by Gasteiger charge is 2.41. The summed E-state index contributed by atoms with van der Waals surface area (Å²) in [6.07, 6.45) is 0. The van der Waals surface area contributed by atoms with Gasteiger partial charge in [-0.2, -0.15) is 0 Å². The van der Waals surface area contributed by atoms with E-state index in [9.17, 15) is 14.0 Å². The first-order valence-electron chi connectivity index (χ1n) is 6.60. The van der Waals surface area contributed by atoms with Crippen LogP contribution in [0.15, 0.2) is 24.3 Å². The van der Waals surface area contributed by atoms with Crippen LogP contribution < -0.4 is 5.32 Å².